The smallest absolute Gasteiger partial charge is 0.349 e. The molecule has 1 aromatic heterocycles. The fraction of sp³-hybridized carbons (Fsp3) is 0.280. The van der Waals surface area contributed by atoms with Gasteiger partial charge in [-0.25, -0.2) is 4.79 Å². The summed E-state index contributed by atoms with van der Waals surface area (Å²) in [6.07, 6.45) is 0. The molecule has 4 nitrogen and oxygen atoms in total. The highest BCUT2D eigenvalue weighted by molar-refractivity contribution is 7.17. The van der Waals surface area contributed by atoms with Crippen molar-refractivity contribution in [2.75, 3.05) is 4.90 Å². The molecule has 0 saturated heterocycles. The molecule has 2 aromatic carbocycles. The minimum Gasteiger partial charge on any atom is -0.456 e. The van der Waals surface area contributed by atoms with Crippen LogP contribution in [0.1, 0.15) is 54.6 Å². The summed E-state index contributed by atoms with van der Waals surface area (Å²) in [5.41, 5.74) is 1.04. The Bertz CT molecular complexity index is 1130. The summed E-state index contributed by atoms with van der Waals surface area (Å²) in [6, 6.07) is 16.1. The molecule has 0 aliphatic rings. The number of anilines is 1. The highest BCUT2D eigenvalue weighted by atomic mass is 35.5. The van der Waals surface area contributed by atoms with Gasteiger partial charge >= 0.3 is 5.97 Å². The molecule has 0 atom stereocenters. The predicted octanol–water partition coefficient (Wildman–Crippen LogP) is 7.73. The molecule has 0 spiro atoms. The van der Waals surface area contributed by atoms with Gasteiger partial charge in [-0.1, -0.05) is 53.5 Å². The number of thiophene rings is 1. The molecule has 0 fully saturated rings. The largest absolute Gasteiger partial charge is 0.456 e. The van der Waals surface area contributed by atoms with Crippen molar-refractivity contribution in [3.8, 4) is 10.4 Å². The Morgan fingerprint density at radius 1 is 1.00 bits per heavy atom. The number of hydrogen-bond donors (Lipinski definition) is 0. The average Bonchev–Trinajstić information content (AvgIpc) is 3.15. The Kier molecular flexibility index (Phi) is 7.33. The zero-order valence-corrected chi connectivity index (χ0v) is 20.9. The number of benzene rings is 2. The molecule has 3 rings (SSSR count). The molecule has 0 saturated carbocycles. The van der Waals surface area contributed by atoms with Crippen LogP contribution in [0.4, 0.5) is 5.69 Å². The maximum atomic E-state index is 13.8. The molecule has 0 radical (unpaired) electrons. The number of nitrogens with zero attached hydrogens (tertiary/aromatic N) is 1. The molecular formula is C25H25Cl2NO3S. The lowest BCUT2D eigenvalue weighted by Crippen LogP contribution is -2.38. The first kappa shape index (κ1) is 24.3. The lowest BCUT2D eigenvalue weighted by Gasteiger charge is -2.28. The zero-order chi connectivity index (χ0) is 23.6. The summed E-state index contributed by atoms with van der Waals surface area (Å²) < 4.78 is 5.61. The van der Waals surface area contributed by atoms with E-state index < -0.39 is 11.6 Å². The molecule has 0 bridgehead atoms. The maximum absolute atomic E-state index is 13.8. The van der Waals surface area contributed by atoms with E-state index in [0.717, 1.165) is 10.4 Å². The average molecular weight is 490 g/mol. The second-order valence-corrected chi connectivity index (χ2v) is 10.5. The van der Waals surface area contributed by atoms with Crippen molar-refractivity contribution in [3.63, 3.8) is 0 Å². The first-order valence-electron chi connectivity index (χ1n) is 10.2. The topological polar surface area (TPSA) is 46.6 Å². The second kappa shape index (κ2) is 9.65. The van der Waals surface area contributed by atoms with E-state index in [9.17, 15) is 9.59 Å². The zero-order valence-electron chi connectivity index (χ0n) is 18.6. The molecule has 32 heavy (non-hydrogen) atoms. The number of amides is 1. The van der Waals surface area contributed by atoms with Crippen LogP contribution in [-0.4, -0.2) is 23.5 Å². The fourth-order valence-electron chi connectivity index (χ4n) is 3.20. The SMILES string of the molecule is CC(C)N(C(=O)c1cc(-c2ccccc2)sc1C(=O)OC(C)(C)C)c1ccc(Cl)cc1Cl. The molecule has 1 amide bonds. The fourth-order valence-corrected chi connectivity index (χ4v) is 4.73. The van der Waals surface area contributed by atoms with E-state index in [4.69, 9.17) is 27.9 Å². The number of carbonyl (C=O) groups is 2. The van der Waals surface area contributed by atoms with Crippen LogP contribution in [-0.2, 0) is 4.74 Å². The van der Waals surface area contributed by atoms with Crippen LogP contribution in [0.3, 0.4) is 0 Å². The van der Waals surface area contributed by atoms with Gasteiger partial charge in [0.1, 0.15) is 10.5 Å². The maximum Gasteiger partial charge on any atom is 0.349 e. The normalized spacial score (nSPS) is 11.5. The van der Waals surface area contributed by atoms with Crippen molar-refractivity contribution in [3.05, 3.63) is 75.1 Å². The molecule has 0 aliphatic carbocycles. The summed E-state index contributed by atoms with van der Waals surface area (Å²) in [4.78, 5) is 29.5. The van der Waals surface area contributed by atoms with Crippen molar-refractivity contribution in [2.45, 2.75) is 46.3 Å². The minimum absolute atomic E-state index is 0.215. The predicted molar refractivity (Wildman–Crippen MR) is 133 cm³/mol. The van der Waals surface area contributed by atoms with Gasteiger partial charge in [0.05, 0.1) is 16.3 Å². The molecule has 7 heteroatoms. The van der Waals surface area contributed by atoms with Crippen LogP contribution in [0, 0.1) is 0 Å². The van der Waals surface area contributed by atoms with Gasteiger partial charge in [-0.05, 0) is 64.4 Å². The third-order valence-corrected chi connectivity index (χ3v) is 6.21. The highest BCUT2D eigenvalue weighted by Crippen LogP contribution is 2.36. The standard InChI is InChI=1S/C25H25Cl2NO3S/c1-15(2)28(20-12-11-17(26)13-19(20)27)23(29)18-14-21(16-9-7-6-8-10-16)32-22(18)24(30)31-25(3,4)5/h6-15H,1-5H3. The number of esters is 1. The van der Waals surface area contributed by atoms with Crippen LogP contribution in [0.5, 0.6) is 0 Å². The first-order chi connectivity index (χ1) is 15.0. The van der Waals surface area contributed by atoms with Gasteiger partial charge in [0.25, 0.3) is 5.91 Å². The molecule has 0 N–H and O–H groups in total. The van der Waals surface area contributed by atoms with Gasteiger partial charge in [0.2, 0.25) is 0 Å². The minimum atomic E-state index is -0.689. The van der Waals surface area contributed by atoms with E-state index in [1.54, 1.807) is 49.9 Å². The Balaban J connectivity index is 2.13. The second-order valence-electron chi connectivity index (χ2n) is 8.59. The Hall–Kier alpha value is -2.34. The van der Waals surface area contributed by atoms with Crippen LogP contribution < -0.4 is 4.90 Å². The van der Waals surface area contributed by atoms with Crippen molar-refractivity contribution in [2.24, 2.45) is 0 Å². The molecule has 0 aliphatic heterocycles. The Morgan fingerprint density at radius 3 is 2.22 bits per heavy atom. The summed E-state index contributed by atoms with van der Waals surface area (Å²) in [7, 11) is 0. The van der Waals surface area contributed by atoms with Gasteiger partial charge in [-0.2, -0.15) is 0 Å². The van der Waals surface area contributed by atoms with Gasteiger partial charge in [0, 0.05) is 15.9 Å². The van der Waals surface area contributed by atoms with Gasteiger partial charge in [0.15, 0.2) is 0 Å². The van der Waals surface area contributed by atoms with Crippen LogP contribution >= 0.6 is 34.5 Å². The van der Waals surface area contributed by atoms with E-state index in [1.165, 1.54) is 11.3 Å². The third kappa shape index (κ3) is 5.52. The van der Waals surface area contributed by atoms with E-state index in [-0.39, 0.29) is 22.4 Å². The summed E-state index contributed by atoms with van der Waals surface area (Å²) in [5, 5.41) is 0.836. The first-order valence-corrected chi connectivity index (χ1v) is 11.8. The van der Waals surface area contributed by atoms with Gasteiger partial charge < -0.3 is 9.64 Å². The summed E-state index contributed by atoms with van der Waals surface area (Å²) in [5.74, 6) is -0.859. The summed E-state index contributed by atoms with van der Waals surface area (Å²) in [6.45, 7) is 9.17. The Labute approximate surface area is 202 Å². The third-order valence-electron chi connectivity index (χ3n) is 4.51. The van der Waals surface area contributed by atoms with Crippen LogP contribution in [0.15, 0.2) is 54.6 Å². The number of rotatable bonds is 5. The van der Waals surface area contributed by atoms with Crippen molar-refractivity contribution < 1.29 is 14.3 Å². The monoisotopic (exact) mass is 489 g/mol. The van der Waals surface area contributed by atoms with Crippen molar-refractivity contribution >= 4 is 52.1 Å². The molecular weight excluding hydrogens is 465 g/mol. The number of hydrogen-bond acceptors (Lipinski definition) is 4. The lowest BCUT2D eigenvalue weighted by atomic mass is 10.1. The van der Waals surface area contributed by atoms with Gasteiger partial charge in [-0.15, -0.1) is 11.3 Å². The molecule has 168 valence electrons. The molecule has 1 heterocycles. The Morgan fingerprint density at radius 2 is 1.66 bits per heavy atom. The summed E-state index contributed by atoms with van der Waals surface area (Å²) >= 11 is 13.7. The molecule has 0 unspecified atom stereocenters. The van der Waals surface area contributed by atoms with Crippen molar-refractivity contribution in [1.82, 2.24) is 0 Å². The quantitative estimate of drug-likeness (QED) is 0.344. The van der Waals surface area contributed by atoms with E-state index in [1.807, 2.05) is 44.2 Å². The van der Waals surface area contributed by atoms with Crippen LogP contribution in [0.2, 0.25) is 10.0 Å². The van der Waals surface area contributed by atoms with E-state index >= 15 is 0 Å². The van der Waals surface area contributed by atoms with E-state index in [0.29, 0.717) is 15.7 Å². The number of ether oxygens (including phenoxy) is 1. The molecule has 3 aromatic rings. The van der Waals surface area contributed by atoms with Gasteiger partial charge in [-0.3, -0.25) is 4.79 Å². The van der Waals surface area contributed by atoms with Crippen LogP contribution in [0.25, 0.3) is 10.4 Å². The highest BCUT2D eigenvalue weighted by Gasteiger charge is 2.31. The lowest BCUT2D eigenvalue weighted by molar-refractivity contribution is 0.00735. The number of carbonyl (C=O) groups excluding carboxylic acids is 2. The van der Waals surface area contributed by atoms with E-state index in [2.05, 4.69) is 0 Å². The number of halogens is 2. The van der Waals surface area contributed by atoms with Crippen molar-refractivity contribution in [1.29, 1.82) is 0 Å².